The lowest BCUT2D eigenvalue weighted by Crippen LogP contribution is -2.40. The fourth-order valence-corrected chi connectivity index (χ4v) is 3.07. The van der Waals surface area contributed by atoms with Crippen molar-refractivity contribution in [3.8, 4) is 0 Å². The van der Waals surface area contributed by atoms with Gasteiger partial charge in [-0.15, -0.1) is 0 Å². The zero-order valence-corrected chi connectivity index (χ0v) is 14.2. The van der Waals surface area contributed by atoms with Crippen molar-refractivity contribution in [3.63, 3.8) is 0 Å². The number of urea groups is 1. The van der Waals surface area contributed by atoms with E-state index in [-0.39, 0.29) is 12.1 Å². The highest BCUT2D eigenvalue weighted by Gasteiger charge is 2.51. The number of rotatable bonds is 3. The molecule has 1 saturated heterocycles. The summed E-state index contributed by atoms with van der Waals surface area (Å²) in [6.45, 7) is 3.36. The van der Waals surface area contributed by atoms with Crippen molar-refractivity contribution in [1.82, 2.24) is 19.6 Å². The molecule has 0 radical (unpaired) electrons. The fraction of sp³-hybridized carbons (Fsp3) is 0.222. The first-order valence-electron chi connectivity index (χ1n) is 8.05. The Morgan fingerprint density at radius 1 is 1.23 bits per heavy atom. The van der Waals surface area contributed by atoms with Crippen molar-refractivity contribution in [3.05, 3.63) is 70.2 Å². The predicted molar refractivity (Wildman–Crippen MR) is 91.3 cm³/mol. The van der Waals surface area contributed by atoms with Crippen molar-refractivity contribution >= 4 is 17.6 Å². The maximum absolute atomic E-state index is 12.8. The zero-order chi connectivity index (χ0) is 18.5. The highest BCUT2D eigenvalue weighted by molar-refractivity contribution is 6.06. The smallest absolute Gasteiger partial charge is 0.325 e. The summed E-state index contributed by atoms with van der Waals surface area (Å²) in [6, 6.07) is 7.61. The lowest BCUT2D eigenvalue weighted by atomic mass is 9.99. The summed E-state index contributed by atoms with van der Waals surface area (Å²) in [4.78, 5) is 42.9. The first-order valence-corrected chi connectivity index (χ1v) is 8.05. The van der Waals surface area contributed by atoms with Gasteiger partial charge in [-0.2, -0.15) is 0 Å². The molecule has 26 heavy (non-hydrogen) atoms. The van der Waals surface area contributed by atoms with E-state index in [0.717, 1.165) is 10.5 Å². The summed E-state index contributed by atoms with van der Waals surface area (Å²) in [5.74, 6) is -0.108. The van der Waals surface area contributed by atoms with Gasteiger partial charge < -0.3 is 9.73 Å². The van der Waals surface area contributed by atoms with Crippen LogP contribution in [0.3, 0.4) is 0 Å². The molecule has 3 amide bonds. The van der Waals surface area contributed by atoms with E-state index in [1.54, 1.807) is 31.3 Å². The Bertz CT molecular complexity index is 1090. The van der Waals surface area contributed by atoms with Gasteiger partial charge in [0.2, 0.25) is 0 Å². The number of hydrogen-bond acceptors (Lipinski definition) is 5. The van der Waals surface area contributed by atoms with Crippen LogP contribution in [0.2, 0.25) is 0 Å². The zero-order valence-electron chi connectivity index (χ0n) is 14.2. The average Bonchev–Trinajstić information content (AvgIpc) is 3.20. The average molecular weight is 352 g/mol. The van der Waals surface area contributed by atoms with Crippen molar-refractivity contribution in [2.24, 2.45) is 0 Å². The molecule has 3 aromatic rings. The van der Waals surface area contributed by atoms with Gasteiger partial charge in [0.05, 0.1) is 18.5 Å². The molecule has 132 valence electrons. The minimum atomic E-state index is -1.27. The van der Waals surface area contributed by atoms with Crippen LogP contribution in [-0.4, -0.2) is 26.2 Å². The Morgan fingerprint density at radius 3 is 2.77 bits per heavy atom. The largest absolute Gasteiger partial charge is 0.466 e. The summed E-state index contributed by atoms with van der Waals surface area (Å²) in [5, 5.41) is 2.64. The molecule has 0 aliphatic carbocycles. The van der Waals surface area contributed by atoms with Crippen LogP contribution in [0, 0.1) is 6.92 Å². The van der Waals surface area contributed by atoms with Gasteiger partial charge >= 0.3 is 6.03 Å². The molecule has 8 heteroatoms. The molecule has 8 nitrogen and oxygen atoms in total. The number of carbonyl (C=O) groups excluding carboxylic acids is 2. The van der Waals surface area contributed by atoms with Gasteiger partial charge in [-0.1, -0.05) is 6.07 Å². The second-order valence-electron chi connectivity index (χ2n) is 6.44. The van der Waals surface area contributed by atoms with Gasteiger partial charge in [-0.05, 0) is 37.6 Å². The van der Waals surface area contributed by atoms with Gasteiger partial charge in [0, 0.05) is 12.3 Å². The van der Waals surface area contributed by atoms with Crippen LogP contribution in [0.15, 0.2) is 52.0 Å². The summed E-state index contributed by atoms with van der Waals surface area (Å²) in [5.41, 5.74) is 0.181. The number of aromatic nitrogens is 2. The Kier molecular flexibility index (Phi) is 3.43. The number of furan rings is 1. The summed E-state index contributed by atoms with van der Waals surface area (Å²) >= 11 is 0. The number of nitrogens with one attached hydrogen (secondary N) is 1. The van der Waals surface area contributed by atoms with Crippen molar-refractivity contribution in [1.29, 1.82) is 0 Å². The highest BCUT2D eigenvalue weighted by Crippen LogP contribution is 2.29. The Labute approximate surface area is 148 Å². The van der Waals surface area contributed by atoms with Crippen LogP contribution in [0.5, 0.6) is 0 Å². The number of fused-ring (bicyclic) bond motifs is 1. The van der Waals surface area contributed by atoms with Crippen LogP contribution in [0.25, 0.3) is 5.65 Å². The van der Waals surface area contributed by atoms with E-state index in [2.05, 4.69) is 10.3 Å². The van der Waals surface area contributed by atoms with Gasteiger partial charge in [0.15, 0.2) is 5.54 Å². The third-order valence-electron chi connectivity index (χ3n) is 4.47. The number of nitrogens with zero attached hydrogens (tertiary/aromatic N) is 3. The number of pyridine rings is 1. The number of hydrogen-bond donors (Lipinski definition) is 1. The van der Waals surface area contributed by atoms with Crippen LogP contribution < -0.4 is 10.9 Å². The summed E-state index contributed by atoms with van der Waals surface area (Å²) in [6.07, 6.45) is 3.13. The SMILES string of the molecule is Cc1ccc2nc(CN3C(=O)NC(C)(c4ccco4)C3=O)cc(=O)n2c1. The quantitative estimate of drug-likeness (QED) is 0.722. The minimum Gasteiger partial charge on any atom is -0.466 e. The van der Waals surface area contributed by atoms with E-state index in [1.165, 1.54) is 16.7 Å². The molecule has 1 atom stereocenters. The molecule has 1 aliphatic rings. The van der Waals surface area contributed by atoms with Gasteiger partial charge in [0.1, 0.15) is 11.4 Å². The fourth-order valence-electron chi connectivity index (χ4n) is 3.07. The molecular weight excluding hydrogens is 336 g/mol. The van der Waals surface area contributed by atoms with Crippen LogP contribution in [0.4, 0.5) is 4.79 Å². The molecule has 4 heterocycles. The predicted octanol–water partition coefficient (Wildman–Crippen LogP) is 1.56. The lowest BCUT2D eigenvalue weighted by molar-refractivity contribution is -0.132. The molecule has 1 unspecified atom stereocenters. The first-order chi connectivity index (χ1) is 12.4. The summed E-state index contributed by atoms with van der Waals surface area (Å²) in [7, 11) is 0. The molecule has 1 fully saturated rings. The van der Waals surface area contributed by atoms with E-state index in [4.69, 9.17) is 4.42 Å². The number of aryl methyl sites for hydroxylation is 1. The lowest BCUT2D eigenvalue weighted by Gasteiger charge is -2.18. The van der Waals surface area contributed by atoms with Gasteiger partial charge in [0.25, 0.3) is 11.5 Å². The molecule has 0 saturated carbocycles. The van der Waals surface area contributed by atoms with Crippen molar-refractivity contribution in [2.45, 2.75) is 25.9 Å². The van der Waals surface area contributed by atoms with E-state index >= 15 is 0 Å². The maximum Gasteiger partial charge on any atom is 0.325 e. The van der Waals surface area contributed by atoms with E-state index < -0.39 is 17.5 Å². The Hall–Kier alpha value is -3.42. The molecule has 0 aromatic carbocycles. The maximum atomic E-state index is 12.8. The third-order valence-corrected chi connectivity index (χ3v) is 4.47. The van der Waals surface area contributed by atoms with Crippen molar-refractivity contribution in [2.75, 3.05) is 0 Å². The summed E-state index contributed by atoms with van der Waals surface area (Å²) < 4.78 is 6.72. The van der Waals surface area contributed by atoms with Crippen LogP contribution in [0.1, 0.15) is 23.9 Å². The standard InChI is InChI=1S/C18H16N4O4/c1-11-5-6-14-19-12(8-15(23)21(14)9-11)10-22-16(24)18(2,20-17(22)25)13-4-3-7-26-13/h3-9H,10H2,1-2H3,(H,20,25). The molecule has 1 N–H and O–H groups in total. The molecule has 0 spiro atoms. The Balaban J connectivity index is 1.68. The molecule has 4 rings (SSSR count). The number of amides is 3. The van der Waals surface area contributed by atoms with Crippen molar-refractivity contribution < 1.29 is 14.0 Å². The number of imide groups is 1. The van der Waals surface area contributed by atoms with E-state index in [0.29, 0.717) is 17.1 Å². The molecular formula is C18H16N4O4. The second kappa shape index (κ2) is 5.55. The van der Waals surface area contributed by atoms with Gasteiger partial charge in [-0.25, -0.2) is 9.78 Å². The molecule has 3 aromatic heterocycles. The molecule has 1 aliphatic heterocycles. The second-order valence-corrected chi connectivity index (χ2v) is 6.44. The Morgan fingerprint density at radius 2 is 2.04 bits per heavy atom. The third kappa shape index (κ3) is 2.38. The van der Waals surface area contributed by atoms with Crippen LogP contribution >= 0.6 is 0 Å². The highest BCUT2D eigenvalue weighted by atomic mass is 16.3. The number of carbonyl (C=O) groups is 2. The molecule has 0 bridgehead atoms. The van der Waals surface area contributed by atoms with Gasteiger partial charge in [-0.3, -0.25) is 18.9 Å². The first kappa shape index (κ1) is 16.1. The topological polar surface area (TPSA) is 96.9 Å². The normalized spacial score (nSPS) is 20.0. The monoisotopic (exact) mass is 352 g/mol. The minimum absolute atomic E-state index is 0.0966. The van der Waals surface area contributed by atoms with E-state index in [9.17, 15) is 14.4 Å². The van der Waals surface area contributed by atoms with Crippen LogP contribution in [-0.2, 0) is 16.9 Å². The van der Waals surface area contributed by atoms with E-state index in [1.807, 2.05) is 13.0 Å².